The Morgan fingerprint density at radius 1 is 1.43 bits per heavy atom. The highest BCUT2D eigenvalue weighted by atomic mass is 32.1. The first-order valence-electron chi connectivity index (χ1n) is 10.8. The number of nitrogens with zero attached hydrogens (tertiary/aromatic N) is 4. The number of amides is 1. The van der Waals surface area contributed by atoms with Crippen molar-refractivity contribution in [2.24, 2.45) is 0 Å². The maximum Gasteiger partial charge on any atom is 0.241 e. The number of rotatable bonds is 7. The minimum Gasteiger partial charge on any atom is -0.392 e. The second-order valence-corrected chi connectivity index (χ2v) is 9.55. The average molecular weight is 434 g/mol. The maximum atomic E-state index is 11.9. The molecule has 2 N–H and O–H groups in total. The SMILES string of the molecule is CCc1cc2c(s1)CCOC21CCN(Cc2cn(CC(=O)NCC(C)O)nn2)CC1. The van der Waals surface area contributed by atoms with E-state index in [-0.39, 0.29) is 24.6 Å². The van der Waals surface area contributed by atoms with Crippen molar-refractivity contribution in [2.75, 3.05) is 26.2 Å². The van der Waals surface area contributed by atoms with Crippen LogP contribution in [0.25, 0.3) is 0 Å². The first-order valence-corrected chi connectivity index (χ1v) is 11.6. The molecule has 1 spiro atoms. The molecule has 1 unspecified atom stereocenters. The number of hydrogen-bond donors (Lipinski definition) is 2. The van der Waals surface area contributed by atoms with Crippen molar-refractivity contribution in [3.05, 3.63) is 33.3 Å². The van der Waals surface area contributed by atoms with Gasteiger partial charge in [-0.2, -0.15) is 0 Å². The molecule has 0 saturated carbocycles. The lowest BCUT2D eigenvalue weighted by Crippen LogP contribution is -2.45. The van der Waals surface area contributed by atoms with Gasteiger partial charge < -0.3 is 15.2 Å². The molecule has 4 rings (SSSR count). The molecule has 30 heavy (non-hydrogen) atoms. The number of carbonyl (C=O) groups excluding carboxylic acids is 1. The van der Waals surface area contributed by atoms with Gasteiger partial charge in [-0.15, -0.1) is 16.4 Å². The molecule has 0 radical (unpaired) electrons. The van der Waals surface area contributed by atoms with Crippen LogP contribution in [0.2, 0.25) is 0 Å². The predicted molar refractivity (Wildman–Crippen MR) is 114 cm³/mol. The zero-order chi connectivity index (χ0) is 21.1. The molecule has 2 aliphatic rings. The number of fused-ring (bicyclic) bond motifs is 2. The summed E-state index contributed by atoms with van der Waals surface area (Å²) in [5.74, 6) is -0.181. The molecular weight excluding hydrogens is 402 g/mol. The summed E-state index contributed by atoms with van der Waals surface area (Å²) in [5, 5.41) is 20.2. The van der Waals surface area contributed by atoms with Gasteiger partial charge in [-0.25, -0.2) is 4.68 Å². The zero-order valence-electron chi connectivity index (χ0n) is 17.8. The molecule has 0 aromatic carbocycles. The quantitative estimate of drug-likeness (QED) is 0.687. The van der Waals surface area contributed by atoms with E-state index in [0.717, 1.165) is 57.6 Å². The highest BCUT2D eigenvalue weighted by molar-refractivity contribution is 7.12. The molecule has 164 valence electrons. The number of aromatic nitrogens is 3. The van der Waals surface area contributed by atoms with Gasteiger partial charge in [-0.3, -0.25) is 9.69 Å². The van der Waals surface area contributed by atoms with E-state index < -0.39 is 6.10 Å². The first-order chi connectivity index (χ1) is 14.5. The van der Waals surface area contributed by atoms with E-state index in [1.165, 1.54) is 15.3 Å². The van der Waals surface area contributed by atoms with Crippen molar-refractivity contribution in [2.45, 2.75) is 64.3 Å². The molecule has 1 fully saturated rings. The Morgan fingerprint density at radius 2 is 2.23 bits per heavy atom. The number of carbonyl (C=O) groups is 1. The van der Waals surface area contributed by atoms with Crippen LogP contribution in [0.15, 0.2) is 12.3 Å². The van der Waals surface area contributed by atoms with Gasteiger partial charge >= 0.3 is 0 Å². The predicted octanol–water partition coefficient (Wildman–Crippen LogP) is 1.46. The number of aryl methyl sites for hydroxylation is 1. The fraction of sp³-hybridized carbons (Fsp3) is 0.667. The van der Waals surface area contributed by atoms with Crippen molar-refractivity contribution in [3.63, 3.8) is 0 Å². The average Bonchev–Trinajstić information content (AvgIpc) is 3.36. The van der Waals surface area contributed by atoms with E-state index in [2.05, 4.69) is 33.5 Å². The summed E-state index contributed by atoms with van der Waals surface area (Å²) in [6.45, 7) is 7.66. The van der Waals surface area contributed by atoms with Crippen LogP contribution in [0.3, 0.4) is 0 Å². The number of aliphatic hydroxyl groups is 1. The second-order valence-electron chi connectivity index (χ2n) is 8.33. The van der Waals surface area contributed by atoms with E-state index in [9.17, 15) is 9.90 Å². The van der Waals surface area contributed by atoms with Gasteiger partial charge in [0.15, 0.2) is 0 Å². The van der Waals surface area contributed by atoms with E-state index in [4.69, 9.17) is 4.74 Å². The third-order valence-electron chi connectivity index (χ3n) is 5.94. The van der Waals surface area contributed by atoms with Crippen LogP contribution in [0.1, 0.15) is 47.7 Å². The van der Waals surface area contributed by atoms with Crippen LogP contribution < -0.4 is 5.32 Å². The van der Waals surface area contributed by atoms with Crippen LogP contribution >= 0.6 is 11.3 Å². The van der Waals surface area contributed by atoms with E-state index in [1.807, 2.05) is 17.5 Å². The normalized spacial score (nSPS) is 19.6. The highest BCUT2D eigenvalue weighted by Gasteiger charge is 2.41. The number of hydrogen-bond acceptors (Lipinski definition) is 7. The van der Waals surface area contributed by atoms with Crippen molar-refractivity contribution in [3.8, 4) is 0 Å². The molecule has 0 bridgehead atoms. The lowest BCUT2D eigenvalue weighted by molar-refractivity contribution is -0.122. The summed E-state index contributed by atoms with van der Waals surface area (Å²) in [6, 6.07) is 2.38. The fourth-order valence-corrected chi connectivity index (χ4v) is 5.49. The highest BCUT2D eigenvalue weighted by Crippen LogP contribution is 2.44. The lowest BCUT2D eigenvalue weighted by atomic mass is 9.82. The topological polar surface area (TPSA) is 92.5 Å². The fourth-order valence-electron chi connectivity index (χ4n) is 4.31. The van der Waals surface area contributed by atoms with Crippen molar-refractivity contribution in [1.29, 1.82) is 0 Å². The Hall–Kier alpha value is -1.81. The van der Waals surface area contributed by atoms with Gasteiger partial charge in [0.05, 0.1) is 30.2 Å². The Kier molecular flexibility index (Phi) is 6.52. The van der Waals surface area contributed by atoms with Crippen LogP contribution in [0, 0.1) is 0 Å². The molecular formula is C21H31N5O3S. The van der Waals surface area contributed by atoms with Crippen LogP contribution in [0.4, 0.5) is 0 Å². The summed E-state index contributed by atoms with van der Waals surface area (Å²) < 4.78 is 7.91. The number of thiophene rings is 1. The Bertz CT molecular complexity index is 870. The number of ether oxygens (including phenoxy) is 1. The molecule has 2 aromatic heterocycles. The number of likely N-dealkylation sites (tertiary alicyclic amines) is 1. The standard InChI is InChI=1S/C21H31N5O3S/c1-3-17-10-18-19(30-17)4-9-29-21(18)5-7-25(8-6-21)12-16-13-26(24-23-16)14-20(28)22-11-15(2)27/h10,13,15,27H,3-9,11-12,14H2,1-2H3,(H,22,28). The van der Waals surface area contributed by atoms with Crippen molar-refractivity contribution in [1.82, 2.24) is 25.2 Å². The van der Waals surface area contributed by atoms with Gasteiger partial charge in [0.1, 0.15) is 6.54 Å². The third kappa shape index (κ3) is 4.74. The molecule has 2 aliphatic heterocycles. The van der Waals surface area contributed by atoms with Crippen molar-refractivity contribution < 1.29 is 14.6 Å². The summed E-state index contributed by atoms with van der Waals surface area (Å²) in [4.78, 5) is 17.2. The largest absolute Gasteiger partial charge is 0.392 e. The molecule has 1 amide bonds. The molecule has 9 heteroatoms. The third-order valence-corrected chi connectivity index (χ3v) is 7.28. The molecule has 1 saturated heterocycles. The molecule has 2 aromatic rings. The van der Waals surface area contributed by atoms with Crippen LogP contribution in [-0.2, 0) is 41.1 Å². The van der Waals surface area contributed by atoms with Gasteiger partial charge in [0.2, 0.25) is 5.91 Å². The minimum atomic E-state index is -0.561. The number of nitrogens with one attached hydrogen (secondary N) is 1. The Labute approximate surface area is 181 Å². The second kappa shape index (κ2) is 9.13. The summed E-state index contributed by atoms with van der Waals surface area (Å²) in [6.07, 6.45) is 5.39. The Balaban J connectivity index is 1.31. The summed E-state index contributed by atoms with van der Waals surface area (Å²) in [5.41, 5.74) is 2.18. The summed E-state index contributed by atoms with van der Waals surface area (Å²) >= 11 is 1.96. The van der Waals surface area contributed by atoms with Gasteiger partial charge in [-0.1, -0.05) is 12.1 Å². The van der Waals surface area contributed by atoms with Crippen LogP contribution in [-0.4, -0.2) is 63.3 Å². The number of aliphatic hydroxyl groups excluding tert-OH is 1. The molecule has 1 atom stereocenters. The molecule has 4 heterocycles. The van der Waals surface area contributed by atoms with Gasteiger partial charge in [0, 0.05) is 42.4 Å². The summed E-state index contributed by atoms with van der Waals surface area (Å²) in [7, 11) is 0. The van der Waals surface area contributed by atoms with Gasteiger partial charge in [0.25, 0.3) is 0 Å². The van der Waals surface area contributed by atoms with E-state index >= 15 is 0 Å². The smallest absolute Gasteiger partial charge is 0.241 e. The zero-order valence-corrected chi connectivity index (χ0v) is 18.6. The maximum absolute atomic E-state index is 11.9. The van der Waals surface area contributed by atoms with Gasteiger partial charge in [-0.05, 0) is 37.8 Å². The minimum absolute atomic E-state index is 0.108. The Morgan fingerprint density at radius 3 is 2.97 bits per heavy atom. The lowest BCUT2D eigenvalue weighted by Gasteiger charge is -2.44. The van der Waals surface area contributed by atoms with E-state index in [0.29, 0.717) is 0 Å². The monoisotopic (exact) mass is 433 g/mol. The molecule has 8 nitrogen and oxygen atoms in total. The first kappa shape index (κ1) is 21.4. The van der Waals surface area contributed by atoms with Crippen molar-refractivity contribution >= 4 is 17.2 Å². The molecule has 0 aliphatic carbocycles. The van der Waals surface area contributed by atoms with Crippen LogP contribution in [0.5, 0.6) is 0 Å². The number of piperidine rings is 1. The van der Waals surface area contributed by atoms with E-state index in [1.54, 1.807) is 11.6 Å².